The normalized spacial score (nSPS) is 12.1. The molecule has 30 heavy (non-hydrogen) atoms. The van der Waals surface area contributed by atoms with Crippen molar-refractivity contribution in [1.29, 1.82) is 0 Å². The molecule has 0 bridgehead atoms. The average molecular weight is 418 g/mol. The van der Waals surface area contributed by atoms with Gasteiger partial charge in [0, 0.05) is 10.9 Å². The molecule has 0 fully saturated rings. The van der Waals surface area contributed by atoms with E-state index in [1.807, 2.05) is 54.8 Å². The predicted octanol–water partition coefficient (Wildman–Crippen LogP) is 4.56. The summed E-state index contributed by atoms with van der Waals surface area (Å²) >= 11 is 1.44. The van der Waals surface area contributed by atoms with Crippen LogP contribution in [0.5, 0.6) is 0 Å². The Morgan fingerprint density at radius 3 is 2.57 bits per heavy atom. The molecule has 0 aliphatic rings. The summed E-state index contributed by atoms with van der Waals surface area (Å²) in [5.74, 6) is -0.221. The smallest absolute Gasteiger partial charge is 0.263 e. The number of benzene rings is 2. The highest BCUT2D eigenvalue weighted by Crippen LogP contribution is 2.30. The number of aromatic nitrogens is 2. The molecular formula is C24H23N3O2S. The third-order valence-electron chi connectivity index (χ3n) is 5.22. The Bertz CT molecular complexity index is 1230. The highest BCUT2D eigenvalue weighted by molar-refractivity contribution is 7.17. The lowest BCUT2D eigenvalue weighted by atomic mass is 10.1. The van der Waals surface area contributed by atoms with Gasteiger partial charge in [0.15, 0.2) is 0 Å². The van der Waals surface area contributed by atoms with Gasteiger partial charge in [-0.05, 0) is 30.0 Å². The van der Waals surface area contributed by atoms with E-state index in [0.717, 1.165) is 23.1 Å². The third kappa shape index (κ3) is 4.04. The van der Waals surface area contributed by atoms with Crippen LogP contribution < -0.4 is 10.9 Å². The van der Waals surface area contributed by atoms with Crippen molar-refractivity contribution in [1.82, 2.24) is 14.9 Å². The Kier molecular flexibility index (Phi) is 5.77. The van der Waals surface area contributed by atoms with Crippen molar-refractivity contribution in [2.45, 2.75) is 32.9 Å². The van der Waals surface area contributed by atoms with Crippen LogP contribution in [0.15, 0.2) is 71.1 Å². The number of nitrogens with zero attached hydrogens (tertiary/aromatic N) is 2. The van der Waals surface area contributed by atoms with Crippen LogP contribution in [-0.2, 0) is 17.8 Å². The molecular weight excluding hydrogens is 394 g/mol. The van der Waals surface area contributed by atoms with Gasteiger partial charge >= 0.3 is 0 Å². The van der Waals surface area contributed by atoms with Gasteiger partial charge in [-0.3, -0.25) is 14.2 Å². The Balaban J connectivity index is 1.55. The molecule has 4 aromatic rings. The maximum absolute atomic E-state index is 13.1. The van der Waals surface area contributed by atoms with Crippen LogP contribution in [0.2, 0.25) is 0 Å². The lowest BCUT2D eigenvalue weighted by molar-refractivity contribution is -0.122. The van der Waals surface area contributed by atoms with Crippen molar-refractivity contribution in [3.63, 3.8) is 0 Å². The van der Waals surface area contributed by atoms with E-state index in [1.54, 1.807) is 0 Å². The molecule has 0 saturated carbocycles. The summed E-state index contributed by atoms with van der Waals surface area (Å²) in [6.07, 6.45) is 2.43. The number of carbonyl (C=O) groups is 1. The van der Waals surface area contributed by atoms with Crippen LogP contribution in [0, 0.1) is 0 Å². The van der Waals surface area contributed by atoms with Crippen molar-refractivity contribution in [3.8, 4) is 11.1 Å². The highest BCUT2D eigenvalue weighted by atomic mass is 32.1. The Labute approximate surface area is 179 Å². The topological polar surface area (TPSA) is 64.0 Å². The molecule has 0 saturated heterocycles. The number of rotatable bonds is 6. The van der Waals surface area contributed by atoms with Crippen LogP contribution >= 0.6 is 11.3 Å². The predicted molar refractivity (Wildman–Crippen MR) is 122 cm³/mol. The largest absolute Gasteiger partial charge is 0.348 e. The lowest BCUT2D eigenvalue weighted by Crippen LogP contribution is -2.33. The van der Waals surface area contributed by atoms with Gasteiger partial charge in [-0.25, -0.2) is 4.98 Å². The zero-order chi connectivity index (χ0) is 21.1. The van der Waals surface area contributed by atoms with Crippen LogP contribution in [0.3, 0.4) is 0 Å². The van der Waals surface area contributed by atoms with Crippen LogP contribution in [0.1, 0.15) is 31.0 Å². The third-order valence-corrected chi connectivity index (χ3v) is 6.11. The fourth-order valence-corrected chi connectivity index (χ4v) is 4.38. The molecule has 2 aromatic carbocycles. The van der Waals surface area contributed by atoms with Crippen molar-refractivity contribution in [3.05, 3.63) is 87.8 Å². The number of nitrogens with one attached hydrogen (secondary N) is 1. The van der Waals surface area contributed by atoms with E-state index in [0.29, 0.717) is 10.2 Å². The molecule has 152 valence electrons. The van der Waals surface area contributed by atoms with Gasteiger partial charge in [0.05, 0.1) is 17.8 Å². The van der Waals surface area contributed by atoms with E-state index in [-0.39, 0.29) is 24.1 Å². The van der Waals surface area contributed by atoms with Gasteiger partial charge in [-0.15, -0.1) is 11.3 Å². The molecule has 0 spiro atoms. The first kappa shape index (κ1) is 20.0. The van der Waals surface area contributed by atoms with Gasteiger partial charge in [0.25, 0.3) is 5.56 Å². The van der Waals surface area contributed by atoms with Crippen LogP contribution in [0.25, 0.3) is 21.3 Å². The molecule has 0 aliphatic heterocycles. The minimum atomic E-state index is -0.221. The van der Waals surface area contributed by atoms with Crippen LogP contribution in [-0.4, -0.2) is 15.5 Å². The summed E-state index contributed by atoms with van der Waals surface area (Å²) < 4.78 is 1.38. The highest BCUT2D eigenvalue weighted by Gasteiger charge is 2.16. The number of fused-ring (bicyclic) bond motifs is 1. The molecule has 0 aliphatic carbocycles. The zero-order valence-electron chi connectivity index (χ0n) is 17.0. The molecule has 0 unspecified atom stereocenters. The van der Waals surface area contributed by atoms with Crippen molar-refractivity contribution < 1.29 is 4.79 Å². The Hall–Kier alpha value is -3.25. The van der Waals surface area contributed by atoms with Crippen molar-refractivity contribution in [2.75, 3.05) is 0 Å². The molecule has 1 N–H and O–H groups in total. The van der Waals surface area contributed by atoms with E-state index in [9.17, 15) is 9.59 Å². The second-order valence-electron chi connectivity index (χ2n) is 7.26. The maximum atomic E-state index is 13.1. The van der Waals surface area contributed by atoms with Crippen molar-refractivity contribution in [2.24, 2.45) is 0 Å². The summed E-state index contributed by atoms with van der Waals surface area (Å²) in [7, 11) is 0. The van der Waals surface area contributed by atoms with Gasteiger partial charge in [0.1, 0.15) is 11.4 Å². The minimum absolute atomic E-state index is 0.0662. The van der Waals surface area contributed by atoms with Gasteiger partial charge in [0.2, 0.25) is 5.91 Å². The van der Waals surface area contributed by atoms with E-state index in [2.05, 4.69) is 29.4 Å². The number of aryl methyl sites for hydroxylation is 1. The standard InChI is InChI=1S/C24H23N3O2S/c1-3-17-9-11-18(12-10-17)16(2)26-21(28)13-27-15-25-23-22(24(27)29)20(14-30-23)19-7-5-4-6-8-19/h4-12,14-16H,3,13H2,1-2H3,(H,26,28)/t16-/m1/s1. The Morgan fingerprint density at radius 2 is 1.87 bits per heavy atom. The monoisotopic (exact) mass is 417 g/mol. The number of carbonyl (C=O) groups excluding carboxylic acids is 1. The average Bonchev–Trinajstić information content (AvgIpc) is 3.21. The Morgan fingerprint density at radius 1 is 1.13 bits per heavy atom. The summed E-state index contributed by atoms with van der Waals surface area (Å²) in [5.41, 5.74) is 3.91. The molecule has 4 rings (SSSR count). The summed E-state index contributed by atoms with van der Waals surface area (Å²) in [6.45, 7) is 3.98. The second-order valence-corrected chi connectivity index (χ2v) is 8.12. The SMILES string of the molecule is CCc1ccc([C@@H](C)NC(=O)Cn2cnc3scc(-c4ccccc4)c3c2=O)cc1. The van der Waals surface area contributed by atoms with Crippen LogP contribution in [0.4, 0.5) is 0 Å². The quantitative estimate of drug-likeness (QED) is 0.500. The van der Waals surface area contributed by atoms with Crippen molar-refractivity contribution >= 4 is 27.5 Å². The van der Waals surface area contributed by atoms with Gasteiger partial charge < -0.3 is 5.32 Å². The second kappa shape index (κ2) is 8.63. The van der Waals surface area contributed by atoms with E-state index in [1.165, 1.54) is 27.8 Å². The number of hydrogen-bond donors (Lipinski definition) is 1. The molecule has 1 atom stereocenters. The molecule has 1 amide bonds. The fourth-order valence-electron chi connectivity index (χ4n) is 3.48. The van der Waals surface area contributed by atoms with Gasteiger partial charge in [-0.1, -0.05) is 61.5 Å². The minimum Gasteiger partial charge on any atom is -0.348 e. The number of thiophene rings is 1. The first-order valence-corrected chi connectivity index (χ1v) is 10.8. The first-order valence-electron chi connectivity index (χ1n) is 9.97. The molecule has 2 heterocycles. The van der Waals surface area contributed by atoms with E-state index >= 15 is 0 Å². The molecule has 0 radical (unpaired) electrons. The van der Waals surface area contributed by atoms with Gasteiger partial charge in [-0.2, -0.15) is 0 Å². The van der Waals surface area contributed by atoms with E-state index < -0.39 is 0 Å². The fraction of sp³-hybridized carbons (Fsp3) is 0.208. The first-order chi connectivity index (χ1) is 14.6. The number of amides is 1. The van der Waals surface area contributed by atoms with E-state index in [4.69, 9.17) is 0 Å². The summed E-state index contributed by atoms with van der Waals surface area (Å²) in [5, 5.41) is 5.48. The molecule has 5 nitrogen and oxygen atoms in total. The number of hydrogen-bond acceptors (Lipinski definition) is 4. The maximum Gasteiger partial charge on any atom is 0.263 e. The zero-order valence-corrected chi connectivity index (χ0v) is 17.8. The summed E-state index contributed by atoms with van der Waals surface area (Å²) in [4.78, 5) is 30.8. The molecule has 2 aromatic heterocycles. The molecule has 6 heteroatoms. The lowest BCUT2D eigenvalue weighted by Gasteiger charge is -2.15. The summed E-state index contributed by atoms with van der Waals surface area (Å²) in [6, 6.07) is 17.8.